The molecule has 0 saturated heterocycles. The fourth-order valence-corrected chi connectivity index (χ4v) is 1.52. The second kappa shape index (κ2) is 6.35. The van der Waals surface area contributed by atoms with Gasteiger partial charge in [-0.2, -0.15) is 0 Å². The Bertz CT molecular complexity index is 358. The molecule has 4 nitrogen and oxygen atoms in total. The van der Waals surface area contributed by atoms with E-state index in [9.17, 15) is 4.79 Å². The van der Waals surface area contributed by atoms with E-state index in [1.54, 1.807) is 0 Å². The van der Waals surface area contributed by atoms with E-state index in [0.29, 0.717) is 11.6 Å². The summed E-state index contributed by atoms with van der Waals surface area (Å²) < 4.78 is 4.60. The predicted molar refractivity (Wildman–Crippen MR) is 63.4 cm³/mol. The highest BCUT2D eigenvalue weighted by Gasteiger charge is 2.04. The van der Waals surface area contributed by atoms with E-state index in [-0.39, 0.29) is 12.6 Å². The molecule has 0 saturated carbocycles. The minimum atomic E-state index is -0.753. The number of carbonyl (C=O) groups excluding carboxylic acids is 1. The molecular formula is C11H15ClN2O2. The summed E-state index contributed by atoms with van der Waals surface area (Å²) in [5.41, 5.74) is 5.92. The fraction of sp³-hybridized carbons (Fsp3) is 0.364. The zero-order chi connectivity index (χ0) is 12.0. The maximum atomic E-state index is 10.3. The number of primary amides is 1. The lowest BCUT2D eigenvalue weighted by molar-refractivity contribution is 0.156. The molecule has 1 aromatic rings. The molecule has 0 radical (unpaired) electrons. The van der Waals surface area contributed by atoms with Gasteiger partial charge in [0.1, 0.15) is 6.61 Å². The zero-order valence-electron chi connectivity index (χ0n) is 9.07. The van der Waals surface area contributed by atoms with Crippen molar-refractivity contribution in [2.75, 3.05) is 13.2 Å². The number of carbonyl (C=O) groups is 1. The largest absolute Gasteiger partial charge is 0.448 e. The highest BCUT2D eigenvalue weighted by Crippen LogP contribution is 2.16. The van der Waals surface area contributed by atoms with E-state index in [2.05, 4.69) is 10.1 Å². The number of hydrogen-bond donors (Lipinski definition) is 2. The van der Waals surface area contributed by atoms with Crippen LogP contribution in [0.2, 0.25) is 5.02 Å². The number of benzene rings is 1. The van der Waals surface area contributed by atoms with Crippen LogP contribution in [0.25, 0.3) is 0 Å². The molecule has 88 valence electrons. The zero-order valence-corrected chi connectivity index (χ0v) is 9.83. The van der Waals surface area contributed by atoms with E-state index in [4.69, 9.17) is 17.3 Å². The van der Waals surface area contributed by atoms with Gasteiger partial charge in [-0.3, -0.25) is 0 Å². The van der Waals surface area contributed by atoms with Crippen LogP contribution >= 0.6 is 11.6 Å². The summed E-state index contributed by atoms with van der Waals surface area (Å²) >= 11 is 5.88. The molecule has 16 heavy (non-hydrogen) atoms. The molecule has 1 atom stereocenters. The van der Waals surface area contributed by atoms with Crippen molar-refractivity contribution in [1.82, 2.24) is 5.32 Å². The van der Waals surface area contributed by atoms with Crippen molar-refractivity contribution in [3.05, 3.63) is 34.9 Å². The van der Waals surface area contributed by atoms with E-state index in [1.165, 1.54) is 0 Å². The predicted octanol–water partition coefficient (Wildman–Crippen LogP) is 2.09. The summed E-state index contributed by atoms with van der Waals surface area (Å²) in [5.74, 6) is 0. The normalized spacial score (nSPS) is 12.1. The molecular weight excluding hydrogens is 228 g/mol. The molecule has 0 spiro atoms. The Morgan fingerprint density at radius 3 is 3.00 bits per heavy atom. The van der Waals surface area contributed by atoms with E-state index >= 15 is 0 Å². The Hall–Kier alpha value is -1.26. The average molecular weight is 243 g/mol. The van der Waals surface area contributed by atoms with Crippen LogP contribution < -0.4 is 11.1 Å². The van der Waals surface area contributed by atoms with Crippen molar-refractivity contribution < 1.29 is 9.53 Å². The number of nitrogens with one attached hydrogen (secondary N) is 1. The van der Waals surface area contributed by atoms with Crippen molar-refractivity contribution in [3.8, 4) is 0 Å². The van der Waals surface area contributed by atoms with Gasteiger partial charge in [-0.15, -0.1) is 0 Å². The molecule has 3 N–H and O–H groups in total. The van der Waals surface area contributed by atoms with E-state index in [0.717, 1.165) is 5.56 Å². The van der Waals surface area contributed by atoms with Crippen molar-refractivity contribution in [2.45, 2.75) is 13.0 Å². The van der Waals surface area contributed by atoms with Gasteiger partial charge in [-0.25, -0.2) is 4.79 Å². The number of amides is 1. The molecule has 1 amide bonds. The van der Waals surface area contributed by atoms with Gasteiger partial charge in [0.15, 0.2) is 0 Å². The standard InChI is InChI=1S/C11H15ClN2O2/c1-8(14-5-6-16-11(13)15)9-3-2-4-10(12)7-9/h2-4,7-8,14H,5-6H2,1H3,(H2,13,15). The first-order valence-electron chi connectivity index (χ1n) is 5.00. The second-order valence-corrected chi connectivity index (χ2v) is 3.83. The van der Waals surface area contributed by atoms with Crippen molar-refractivity contribution in [2.24, 2.45) is 5.73 Å². The first-order valence-corrected chi connectivity index (χ1v) is 5.38. The number of hydrogen-bond acceptors (Lipinski definition) is 3. The molecule has 1 aromatic carbocycles. The maximum Gasteiger partial charge on any atom is 0.404 e. The van der Waals surface area contributed by atoms with Gasteiger partial charge in [-0.05, 0) is 24.6 Å². The summed E-state index contributed by atoms with van der Waals surface area (Å²) in [6.07, 6.45) is -0.753. The number of rotatable bonds is 5. The summed E-state index contributed by atoms with van der Waals surface area (Å²) in [5, 5.41) is 3.90. The summed E-state index contributed by atoms with van der Waals surface area (Å²) in [6, 6.07) is 7.76. The summed E-state index contributed by atoms with van der Waals surface area (Å²) in [4.78, 5) is 10.3. The van der Waals surface area contributed by atoms with Crippen molar-refractivity contribution >= 4 is 17.7 Å². The Labute approximate surface area is 99.7 Å². The number of ether oxygens (including phenoxy) is 1. The third-order valence-corrected chi connectivity index (χ3v) is 2.38. The quantitative estimate of drug-likeness (QED) is 0.777. The molecule has 0 aliphatic carbocycles. The highest BCUT2D eigenvalue weighted by molar-refractivity contribution is 6.30. The molecule has 0 heterocycles. The van der Waals surface area contributed by atoms with Gasteiger partial charge in [0.05, 0.1) is 0 Å². The SMILES string of the molecule is CC(NCCOC(N)=O)c1cccc(Cl)c1. The van der Waals surface area contributed by atoms with Gasteiger partial charge in [0, 0.05) is 17.6 Å². The molecule has 0 aliphatic heterocycles. The Morgan fingerprint density at radius 2 is 2.38 bits per heavy atom. The van der Waals surface area contributed by atoms with Crippen molar-refractivity contribution in [3.63, 3.8) is 0 Å². The van der Waals surface area contributed by atoms with Gasteiger partial charge < -0.3 is 15.8 Å². The van der Waals surface area contributed by atoms with Crippen LogP contribution in [0.4, 0.5) is 4.79 Å². The molecule has 0 aliphatic rings. The minimum Gasteiger partial charge on any atom is -0.448 e. The molecule has 0 bridgehead atoms. The molecule has 1 unspecified atom stereocenters. The lowest BCUT2D eigenvalue weighted by atomic mass is 10.1. The maximum absolute atomic E-state index is 10.3. The van der Waals surface area contributed by atoms with E-state index in [1.807, 2.05) is 31.2 Å². The Morgan fingerprint density at radius 1 is 1.62 bits per heavy atom. The van der Waals surface area contributed by atoms with Crippen LogP contribution in [-0.2, 0) is 4.74 Å². The van der Waals surface area contributed by atoms with Crippen LogP contribution in [-0.4, -0.2) is 19.2 Å². The third-order valence-electron chi connectivity index (χ3n) is 2.15. The monoisotopic (exact) mass is 242 g/mol. The lowest BCUT2D eigenvalue weighted by Gasteiger charge is -2.14. The lowest BCUT2D eigenvalue weighted by Crippen LogP contribution is -2.25. The highest BCUT2D eigenvalue weighted by atomic mass is 35.5. The molecule has 5 heteroatoms. The topological polar surface area (TPSA) is 64.3 Å². The Kier molecular flexibility index (Phi) is 5.08. The average Bonchev–Trinajstić information content (AvgIpc) is 2.24. The van der Waals surface area contributed by atoms with Crippen LogP contribution in [0, 0.1) is 0 Å². The van der Waals surface area contributed by atoms with Crippen molar-refractivity contribution in [1.29, 1.82) is 0 Å². The summed E-state index contributed by atoms with van der Waals surface area (Å²) in [7, 11) is 0. The third kappa shape index (κ3) is 4.51. The Balaban J connectivity index is 2.35. The van der Waals surface area contributed by atoms with Gasteiger partial charge in [0.25, 0.3) is 0 Å². The smallest absolute Gasteiger partial charge is 0.404 e. The van der Waals surface area contributed by atoms with Crippen LogP contribution in [0.3, 0.4) is 0 Å². The first kappa shape index (κ1) is 12.8. The van der Waals surface area contributed by atoms with Gasteiger partial charge in [-0.1, -0.05) is 23.7 Å². The molecule has 1 rings (SSSR count). The summed E-state index contributed by atoms with van der Waals surface area (Å²) in [6.45, 7) is 2.83. The van der Waals surface area contributed by atoms with Crippen LogP contribution in [0.1, 0.15) is 18.5 Å². The van der Waals surface area contributed by atoms with Crippen LogP contribution in [0.5, 0.6) is 0 Å². The fourth-order valence-electron chi connectivity index (χ4n) is 1.32. The van der Waals surface area contributed by atoms with Crippen LogP contribution in [0.15, 0.2) is 24.3 Å². The molecule has 0 aromatic heterocycles. The van der Waals surface area contributed by atoms with Gasteiger partial charge >= 0.3 is 6.09 Å². The first-order chi connectivity index (χ1) is 7.59. The minimum absolute atomic E-state index is 0.148. The number of nitrogens with two attached hydrogens (primary N) is 1. The number of halogens is 1. The van der Waals surface area contributed by atoms with Gasteiger partial charge in [0.2, 0.25) is 0 Å². The van der Waals surface area contributed by atoms with E-state index < -0.39 is 6.09 Å². The molecule has 0 fully saturated rings. The second-order valence-electron chi connectivity index (χ2n) is 3.40.